The molecule has 2 N–H and O–H groups in total. The minimum Gasteiger partial charge on any atom is -0.399 e. The maximum Gasteiger partial charge on any atom is 0.177 e. The summed E-state index contributed by atoms with van der Waals surface area (Å²) in [6, 6.07) is 4.95. The van der Waals surface area contributed by atoms with Crippen LogP contribution in [0.3, 0.4) is 0 Å². The van der Waals surface area contributed by atoms with Gasteiger partial charge >= 0.3 is 0 Å². The molecule has 0 bridgehead atoms. The van der Waals surface area contributed by atoms with Crippen LogP contribution in [-0.4, -0.2) is 0 Å². The molecule has 0 atom stereocenters. The van der Waals surface area contributed by atoms with Gasteiger partial charge in [-0.05, 0) is 18.2 Å². The van der Waals surface area contributed by atoms with Crippen LogP contribution < -0.4 is 5.73 Å². The number of halogens is 1. The van der Waals surface area contributed by atoms with Gasteiger partial charge in [-0.25, -0.2) is 0 Å². The molecule has 0 aliphatic carbocycles. The molecule has 4 heteroatoms. The highest BCUT2D eigenvalue weighted by molar-refractivity contribution is 7.80. The summed E-state index contributed by atoms with van der Waals surface area (Å²) in [5.41, 5.74) is 6.19. The van der Waals surface area contributed by atoms with Crippen LogP contribution >= 0.6 is 24.0 Å². The van der Waals surface area contributed by atoms with E-state index in [1.165, 1.54) is 6.07 Å². The topological polar surface area (TPSA) is 26.0 Å². The van der Waals surface area contributed by atoms with E-state index in [9.17, 15) is 4.39 Å². The number of thiophene rings is 1. The van der Waals surface area contributed by atoms with Crippen LogP contribution in [0.25, 0.3) is 10.1 Å². The van der Waals surface area contributed by atoms with Gasteiger partial charge in [0.2, 0.25) is 0 Å². The highest BCUT2D eigenvalue weighted by Gasteiger charge is 2.04. The Morgan fingerprint density at radius 2 is 2.08 bits per heavy atom. The first-order valence-electron chi connectivity index (χ1n) is 3.34. The molecule has 1 heterocycles. The average molecular weight is 199 g/mol. The van der Waals surface area contributed by atoms with Crippen molar-refractivity contribution in [2.75, 3.05) is 5.73 Å². The first-order valence-corrected chi connectivity index (χ1v) is 4.61. The van der Waals surface area contributed by atoms with Gasteiger partial charge < -0.3 is 5.73 Å². The fraction of sp³-hybridized carbons (Fsp3) is 0. The molecular weight excluding hydrogens is 193 g/mol. The van der Waals surface area contributed by atoms with Gasteiger partial charge in [0.15, 0.2) is 5.13 Å². The molecule has 1 aromatic heterocycles. The van der Waals surface area contributed by atoms with E-state index in [4.69, 9.17) is 5.73 Å². The predicted octanol–water partition coefficient (Wildman–Crippen LogP) is 2.91. The smallest absolute Gasteiger partial charge is 0.177 e. The van der Waals surface area contributed by atoms with Crippen LogP contribution in [0.15, 0.2) is 23.1 Å². The molecule has 12 heavy (non-hydrogen) atoms. The van der Waals surface area contributed by atoms with Gasteiger partial charge in [0.1, 0.15) is 0 Å². The first kappa shape index (κ1) is 7.89. The van der Waals surface area contributed by atoms with Crippen molar-refractivity contribution in [1.82, 2.24) is 0 Å². The Morgan fingerprint density at radius 3 is 2.83 bits per heavy atom. The molecule has 0 unspecified atom stereocenters. The summed E-state index contributed by atoms with van der Waals surface area (Å²) >= 11 is 5.28. The third-order valence-electron chi connectivity index (χ3n) is 1.61. The minimum absolute atomic E-state index is 0.203. The lowest BCUT2D eigenvalue weighted by atomic mass is 10.2. The monoisotopic (exact) mass is 199 g/mol. The van der Waals surface area contributed by atoms with E-state index in [1.807, 2.05) is 0 Å². The minimum atomic E-state index is -0.203. The Labute approximate surface area is 78.4 Å². The van der Waals surface area contributed by atoms with E-state index < -0.39 is 0 Å². The number of benzene rings is 1. The quantitative estimate of drug-likeness (QED) is 0.495. The molecule has 0 spiro atoms. The maximum absolute atomic E-state index is 12.8. The van der Waals surface area contributed by atoms with Gasteiger partial charge in [-0.15, -0.1) is 24.0 Å². The van der Waals surface area contributed by atoms with Crippen molar-refractivity contribution >= 4 is 39.7 Å². The van der Waals surface area contributed by atoms with Crippen molar-refractivity contribution in [3.8, 4) is 0 Å². The van der Waals surface area contributed by atoms with Gasteiger partial charge in [0.05, 0.1) is 0 Å². The standard InChI is InChI=1S/C8H6FNS2/c9-8-3-5-6(11)1-4(10)2-7(5)12-8/h1-3,11H,10H2. The Kier molecular flexibility index (Phi) is 1.73. The third kappa shape index (κ3) is 1.17. The first-order chi connectivity index (χ1) is 5.66. The van der Waals surface area contributed by atoms with E-state index in [2.05, 4.69) is 12.6 Å². The van der Waals surface area contributed by atoms with Crippen LogP contribution in [0.4, 0.5) is 10.1 Å². The Bertz CT molecular complexity index is 436. The number of thiol groups is 1. The lowest BCUT2D eigenvalue weighted by molar-refractivity contribution is 0.658. The summed E-state index contributed by atoms with van der Waals surface area (Å²) in [4.78, 5) is 0.727. The number of rotatable bonds is 0. The summed E-state index contributed by atoms with van der Waals surface area (Å²) < 4.78 is 13.6. The second-order valence-corrected chi connectivity index (χ2v) is 4.02. The van der Waals surface area contributed by atoms with Gasteiger partial charge in [-0.3, -0.25) is 0 Å². The second-order valence-electron chi connectivity index (χ2n) is 2.50. The Morgan fingerprint density at radius 1 is 1.33 bits per heavy atom. The second kappa shape index (κ2) is 2.64. The number of anilines is 1. The lowest BCUT2D eigenvalue weighted by Crippen LogP contribution is -1.82. The zero-order chi connectivity index (χ0) is 8.72. The van der Waals surface area contributed by atoms with Gasteiger partial charge in [0.25, 0.3) is 0 Å². The molecular formula is C8H6FNS2. The van der Waals surface area contributed by atoms with E-state index >= 15 is 0 Å². The SMILES string of the molecule is Nc1cc(S)c2cc(F)sc2c1. The molecule has 62 valence electrons. The maximum atomic E-state index is 12.8. The number of hydrogen-bond donors (Lipinski definition) is 2. The molecule has 0 amide bonds. The Hall–Kier alpha value is -0.740. The number of fused-ring (bicyclic) bond motifs is 1. The molecule has 0 fully saturated rings. The molecule has 2 aromatic rings. The fourth-order valence-electron chi connectivity index (χ4n) is 1.11. The van der Waals surface area contributed by atoms with E-state index in [-0.39, 0.29) is 5.13 Å². The summed E-state index contributed by atoms with van der Waals surface area (Å²) in [5, 5.41) is 0.626. The molecule has 1 aromatic carbocycles. The van der Waals surface area contributed by atoms with E-state index in [1.54, 1.807) is 12.1 Å². The van der Waals surface area contributed by atoms with Crippen molar-refractivity contribution in [3.05, 3.63) is 23.3 Å². The van der Waals surface area contributed by atoms with Crippen LogP contribution in [0.1, 0.15) is 0 Å². The average Bonchev–Trinajstić information content (AvgIpc) is 2.29. The zero-order valence-corrected chi connectivity index (χ0v) is 7.75. The van der Waals surface area contributed by atoms with Crippen LogP contribution in [0.2, 0.25) is 0 Å². The van der Waals surface area contributed by atoms with Crippen LogP contribution in [-0.2, 0) is 0 Å². The highest BCUT2D eigenvalue weighted by Crippen LogP contribution is 2.31. The van der Waals surface area contributed by atoms with Crippen LogP contribution in [0.5, 0.6) is 0 Å². The number of nitrogen functional groups attached to an aromatic ring is 1. The molecule has 0 radical (unpaired) electrons. The summed E-state index contributed by atoms with van der Waals surface area (Å²) in [6.45, 7) is 0. The predicted molar refractivity (Wildman–Crippen MR) is 53.4 cm³/mol. The summed E-state index contributed by atoms with van der Waals surface area (Å²) in [5.74, 6) is 0. The van der Waals surface area contributed by atoms with Gasteiger partial charge in [-0.1, -0.05) is 0 Å². The normalized spacial score (nSPS) is 10.8. The van der Waals surface area contributed by atoms with Crippen molar-refractivity contribution < 1.29 is 4.39 Å². The fourth-order valence-corrected chi connectivity index (χ4v) is 2.38. The van der Waals surface area contributed by atoms with E-state index in [0.29, 0.717) is 5.69 Å². The lowest BCUT2D eigenvalue weighted by Gasteiger charge is -1.96. The molecule has 0 saturated carbocycles. The molecule has 0 saturated heterocycles. The van der Waals surface area contributed by atoms with Gasteiger partial charge in [0, 0.05) is 20.7 Å². The van der Waals surface area contributed by atoms with Crippen molar-refractivity contribution in [2.24, 2.45) is 0 Å². The molecule has 1 nitrogen and oxygen atoms in total. The number of hydrogen-bond acceptors (Lipinski definition) is 3. The van der Waals surface area contributed by atoms with Gasteiger partial charge in [-0.2, -0.15) is 4.39 Å². The largest absolute Gasteiger partial charge is 0.399 e. The van der Waals surface area contributed by atoms with E-state index in [0.717, 1.165) is 26.3 Å². The number of nitrogens with two attached hydrogens (primary N) is 1. The van der Waals surface area contributed by atoms with Crippen molar-refractivity contribution in [1.29, 1.82) is 0 Å². The van der Waals surface area contributed by atoms with Crippen molar-refractivity contribution in [2.45, 2.75) is 4.90 Å². The third-order valence-corrected chi connectivity index (χ3v) is 2.85. The Balaban J connectivity index is 2.88. The zero-order valence-electron chi connectivity index (χ0n) is 6.04. The van der Waals surface area contributed by atoms with Crippen LogP contribution in [0, 0.1) is 5.13 Å². The molecule has 2 rings (SSSR count). The van der Waals surface area contributed by atoms with Crippen molar-refractivity contribution in [3.63, 3.8) is 0 Å². The molecule has 0 aliphatic rings. The highest BCUT2D eigenvalue weighted by atomic mass is 32.1. The summed E-state index contributed by atoms with van der Waals surface area (Å²) in [6.07, 6.45) is 0. The molecule has 0 aliphatic heterocycles. The summed E-state index contributed by atoms with van der Waals surface area (Å²) in [7, 11) is 0.